The van der Waals surface area contributed by atoms with Gasteiger partial charge in [-0.05, 0) is 52.4 Å². The maximum Gasteiger partial charge on any atom is 0.420 e. The molecule has 0 aromatic heterocycles. The van der Waals surface area contributed by atoms with Crippen molar-refractivity contribution in [2.45, 2.75) is 12.4 Å². The van der Waals surface area contributed by atoms with Gasteiger partial charge >= 0.3 is 18.3 Å². The first-order valence-electron chi connectivity index (χ1n) is 7.53. The number of aromatic carboxylic acids is 1. The topological polar surface area (TPSA) is 55.8 Å². The van der Waals surface area contributed by atoms with Crippen molar-refractivity contribution in [1.29, 1.82) is 0 Å². The van der Waals surface area contributed by atoms with E-state index in [-0.39, 0.29) is 27.2 Å². The highest BCUT2D eigenvalue weighted by molar-refractivity contribution is 14.1. The van der Waals surface area contributed by atoms with Crippen LogP contribution in [0, 0.1) is 3.57 Å². The molecule has 0 heterocycles. The van der Waals surface area contributed by atoms with E-state index in [0.717, 1.165) is 0 Å². The van der Waals surface area contributed by atoms with Crippen LogP contribution in [0.3, 0.4) is 0 Å². The van der Waals surface area contributed by atoms with E-state index >= 15 is 0 Å². The number of ether oxygens (including phenoxy) is 2. The number of alkyl halides is 6. The Morgan fingerprint density at radius 3 is 2.07 bits per heavy atom. The van der Waals surface area contributed by atoms with Crippen LogP contribution >= 0.6 is 22.6 Å². The Hall–Kier alpha value is -2.44. The second-order valence-electron chi connectivity index (χ2n) is 5.53. The van der Waals surface area contributed by atoms with Gasteiger partial charge in [-0.15, -0.1) is 0 Å². The molecule has 0 bridgehead atoms. The molecule has 0 unspecified atom stereocenters. The number of carboxylic acid groups (broad SMARTS) is 1. The zero-order chi connectivity index (χ0) is 22.1. The second-order valence-corrected chi connectivity index (χ2v) is 6.70. The molecule has 0 saturated heterocycles. The molecule has 0 saturated carbocycles. The van der Waals surface area contributed by atoms with Crippen LogP contribution in [0.2, 0.25) is 0 Å². The van der Waals surface area contributed by atoms with E-state index in [2.05, 4.69) is 6.58 Å². The Balaban J connectivity index is 2.78. The van der Waals surface area contributed by atoms with Crippen LogP contribution in [0.1, 0.15) is 27.0 Å². The molecule has 0 aliphatic rings. The van der Waals surface area contributed by atoms with Crippen LogP contribution in [-0.2, 0) is 12.4 Å². The minimum absolute atomic E-state index is 0.0171. The van der Waals surface area contributed by atoms with E-state index in [1.54, 1.807) is 22.6 Å². The van der Waals surface area contributed by atoms with Crippen LogP contribution in [0.4, 0.5) is 26.3 Å². The van der Waals surface area contributed by atoms with E-state index < -0.39 is 40.8 Å². The standard InChI is InChI=1S/C18H11F6IO4/c1-3-8-4-12(25)15(14(5-8)28-2)29-13-7-10(17(19,20)21)9(16(26)27)6-11(13)18(22,23)24/h3-7H,1H2,2H3,(H,26,27). The smallest absolute Gasteiger partial charge is 0.420 e. The fraction of sp³-hybridized carbons (Fsp3) is 0.167. The van der Waals surface area contributed by atoms with Crippen molar-refractivity contribution in [3.63, 3.8) is 0 Å². The summed E-state index contributed by atoms with van der Waals surface area (Å²) in [5, 5.41) is 8.94. The highest BCUT2D eigenvalue weighted by atomic mass is 127. The second kappa shape index (κ2) is 8.13. The number of benzene rings is 2. The number of halogens is 7. The predicted octanol–water partition coefficient (Wildman–Crippen LogP) is 6.47. The van der Waals surface area contributed by atoms with Crippen LogP contribution < -0.4 is 9.47 Å². The van der Waals surface area contributed by atoms with Gasteiger partial charge < -0.3 is 14.6 Å². The highest BCUT2D eigenvalue weighted by Crippen LogP contribution is 2.46. The lowest BCUT2D eigenvalue weighted by Crippen LogP contribution is -2.17. The molecule has 0 spiro atoms. The number of hydrogen-bond acceptors (Lipinski definition) is 3. The van der Waals surface area contributed by atoms with Crippen molar-refractivity contribution in [1.82, 2.24) is 0 Å². The predicted molar refractivity (Wildman–Crippen MR) is 99.3 cm³/mol. The molecule has 2 aromatic rings. The summed E-state index contributed by atoms with van der Waals surface area (Å²) in [5.74, 6) is -3.68. The van der Waals surface area contributed by atoms with Gasteiger partial charge in [0.1, 0.15) is 5.75 Å². The summed E-state index contributed by atoms with van der Waals surface area (Å²) in [6.07, 6.45) is -8.97. The van der Waals surface area contributed by atoms with E-state index in [1.165, 1.54) is 25.3 Å². The minimum atomic E-state index is -5.22. The summed E-state index contributed by atoms with van der Waals surface area (Å²) < 4.78 is 90.5. The van der Waals surface area contributed by atoms with Gasteiger partial charge in [-0.25, -0.2) is 4.79 Å². The molecule has 0 aliphatic heterocycles. The third-order valence-corrected chi connectivity index (χ3v) is 4.46. The Morgan fingerprint density at radius 2 is 1.62 bits per heavy atom. The molecule has 1 N–H and O–H groups in total. The molecular weight excluding hydrogens is 521 g/mol. The summed E-state index contributed by atoms with van der Waals surface area (Å²) in [4.78, 5) is 11.1. The zero-order valence-corrected chi connectivity index (χ0v) is 16.6. The van der Waals surface area contributed by atoms with Crippen molar-refractivity contribution in [3.05, 3.63) is 56.7 Å². The van der Waals surface area contributed by atoms with E-state index in [9.17, 15) is 31.1 Å². The molecule has 0 atom stereocenters. The Bertz CT molecular complexity index is 966. The lowest BCUT2D eigenvalue weighted by Gasteiger charge is -2.20. The molecule has 2 rings (SSSR count). The van der Waals surface area contributed by atoms with Crippen LogP contribution in [-0.4, -0.2) is 18.2 Å². The van der Waals surface area contributed by atoms with E-state index in [1.807, 2.05) is 0 Å². The Kier molecular flexibility index (Phi) is 6.40. The number of rotatable bonds is 5. The number of carbonyl (C=O) groups is 1. The summed E-state index contributed by atoms with van der Waals surface area (Å²) in [6, 6.07) is 2.75. The van der Waals surface area contributed by atoms with E-state index in [4.69, 9.17) is 14.6 Å². The minimum Gasteiger partial charge on any atom is -0.493 e. The van der Waals surface area contributed by atoms with Crippen molar-refractivity contribution >= 4 is 34.6 Å². The lowest BCUT2D eigenvalue weighted by atomic mass is 10.0. The van der Waals surface area contributed by atoms with Crippen LogP contribution in [0.5, 0.6) is 17.2 Å². The molecule has 156 valence electrons. The first-order valence-corrected chi connectivity index (χ1v) is 8.61. The summed E-state index contributed by atoms with van der Waals surface area (Å²) in [5.41, 5.74) is -4.45. The molecule has 11 heteroatoms. The van der Waals surface area contributed by atoms with Crippen LogP contribution in [0.25, 0.3) is 6.08 Å². The van der Waals surface area contributed by atoms with Gasteiger partial charge in [0.05, 0.1) is 27.4 Å². The van der Waals surface area contributed by atoms with Crippen molar-refractivity contribution in [2.75, 3.05) is 7.11 Å². The van der Waals surface area contributed by atoms with E-state index in [0.29, 0.717) is 5.56 Å². The molecule has 0 aliphatic carbocycles. The maximum absolute atomic E-state index is 13.4. The van der Waals surface area contributed by atoms with Gasteiger partial charge in [0.15, 0.2) is 11.5 Å². The summed E-state index contributed by atoms with van der Waals surface area (Å²) in [6.45, 7) is 3.54. The number of methoxy groups -OCH3 is 1. The monoisotopic (exact) mass is 532 g/mol. The van der Waals surface area contributed by atoms with Crippen molar-refractivity contribution in [2.24, 2.45) is 0 Å². The summed E-state index contributed by atoms with van der Waals surface area (Å²) in [7, 11) is 1.20. The molecule has 2 aromatic carbocycles. The van der Waals surface area contributed by atoms with Crippen LogP contribution in [0.15, 0.2) is 30.8 Å². The first kappa shape index (κ1) is 22.8. The molecule has 0 amide bonds. The Labute approximate surface area is 173 Å². The molecule has 29 heavy (non-hydrogen) atoms. The van der Waals surface area contributed by atoms with Gasteiger partial charge in [0.2, 0.25) is 0 Å². The third kappa shape index (κ3) is 4.95. The third-order valence-electron chi connectivity index (χ3n) is 3.66. The van der Waals surface area contributed by atoms with Gasteiger partial charge in [-0.1, -0.05) is 12.7 Å². The molecular formula is C18H11F6IO4. The average Bonchev–Trinajstić information content (AvgIpc) is 2.60. The molecule has 0 fully saturated rings. The number of carboxylic acids is 1. The normalized spacial score (nSPS) is 11.9. The van der Waals surface area contributed by atoms with Gasteiger partial charge in [0.25, 0.3) is 0 Å². The van der Waals surface area contributed by atoms with Gasteiger partial charge in [0, 0.05) is 0 Å². The average molecular weight is 532 g/mol. The quantitative estimate of drug-likeness (QED) is 0.355. The zero-order valence-electron chi connectivity index (χ0n) is 14.4. The fourth-order valence-electron chi connectivity index (χ4n) is 2.36. The van der Waals surface area contributed by atoms with Crippen molar-refractivity contribution in [3.8, 4) is 17.2 Å². The first-order chi connectivity index (χ1) is 13.3. The summed E-state index contributed by atoms with van der Waals surface area (Å²) >= 11 is 1.71. The lowest BCUT2D eigenvalue weighted by molar-refractivity contribution is -0.142. The molecule has 0 radical (unpaired) electrons. The Morgan fingerprint density at radius 1 is 1.03 bits per heavy atom. The largest absolute Gasteiger partial charge is 0.493 e. The SMILES string of the molecule is C=Cc1cc(I)c(Oc2cc(C(F)(F)F)c(C(=O)O)cc2C(F)(F)F)c(OC)c1. The van der Waals surface area contributed by atoms with Gasteiger partial charge in [-0.2, -0.15) is 26.3 Å². The fourth-order valence-corrected chi connectivity index (χ4v) is 3.10. The maximum atomic E-state index is 13.4. The molecule has 4 nitrogen and oxygen atoms in total. The highest BCUT2D eigenvalue weighted by Gasteiger charge is 2.42. The number of hydrogen-bond donors (Lipinski definition) is 1. The van der Waals surface area contributed by atoms with Gasteiger partial charge in [-0.3, -0.25) is 0 Å². The van der Waals surface area contributed by atoms with Crippen molar-refractivity contribution < 1.29 is 45.7 Å².